The molecule has 6 N–H and O–H groups in total. The van der Waals surface area contributed by atoms with E-state index in [2.05, 4.69) is 55.6 Å². The summed E-state index contributed by atoms with van der Waals surface area (Å²) in [6, 6.07) is -0.837. The highest BCUT2D eigenvalue weighted by molar-refractivity contribution is 5.76. The molecule has 1 aliphatic heterocycles. The smallest absolute Gasteiger partial charge is 0.305 e. The van der Waals surface area contributed by atoms with Crippen molar-refractivity contribution in [1.29, 1.82) is 0 Å². The summed E-state index contributed by atoms with van der Waals surface area (Å²) < 4.78 is 16.7. The first kappa shape index (κ1) is 68.6. The summed E-state index contributed by atoms with van der Waals surface area (Å²) in [5, 5.41) is 54.2. The zero-order chi connectivity index (χ0) is 53.1. The predicted molar refractivity (Wildman–Crippen MR) is 301 cm³/mol. The van der Waals surface area contributed by atoms with E-state index < -0.39 is 49.5 Å². The number of hydrogen-bond donors (Lipinski definition) is 6. The molecule has 1 rings (SSSR count). The first-order chi connectivity index (χ1) is 35.7. The van der Waals surface area contributed by atoms with Crippen LogP contribution in [0.5, 0.6) is 0 Å². The Labute approximate surface area is 446 Å². The van der Waals surface area contributed by atoms with Gasteiger partial charge in [0.25, 0.3) is 0 Å². The van der Waals surface area contributed by atoms with Gasteiger partial charge < -0.3 is 45.1 Å². The van der Waals surface area contributed by atoms with Crippen LogP contribution in [0.2, 0.25) is 0 Å². The molecular weight excluding hydrogens is 919 g/mol. The highest BCUT2D eigenvalue weighted by atomic mass is 16.7. The third-order valence-corrected chi connectivity index (χ3v) is 14.2. The van der Waals surface area contributed by atoms with Crippen molar-refractivity contribution in [1.82, 2.24) is 5.32 Å². The van der Waals surface area contributed by atoms with E-state index in [0.717, 1.165) is 83.5 Å². The minimum absolute atomic E-state index is 0.000156. The minimum atomic E-state index is -1.58. The largest absolute Gasteiger partial charge is 0.466 e. The van der Waals surface area contributed by atoms with Crippen molar-refractivity contribution in [2.24, 2.45) is 0 Å². The van der Waals surface area contributed by atoms with Crippen LogP contribution in [0.1, 0.15) is 271 Å². The lowest BCUT2D eigenvalue weighted by Crippen LogP contribution is -2.60. The Bertz CT molecular complexity index is 1350. The van der Waals surface area contributed by atoms with Crippen molar-refractivity contribution >= 4 is 11.9 Å². The van der Waals surface area contributed by atoms with Gasteiger partial charge in [0, 0.05) is 12.8 Å². The van der Waals surface area contributed by atoms with Gasteiger partial charge in [0.1, 0.15) is 24.4 Å². The number of amides is 1. The fourth-order valence-electron chi connectivity index (χ4n) is 9.35. The average Bonchev–Trinajstić information content (AvgIpc) is 3.39. The van der Waals surface area contributed by atoms with Gasteiger partial charge in [-0.2, -0.15) is 0 Å². The average molecular weight is 1030 g/mol. The van der Waals surface area contributed by atoms with Gasteiger partial charge in [-0.15, -0.1) is 0 Å². The molecule has 0 aromatic rings. The molecule has 0 aromatic carbocycles. The molecule has 7 atom stereocenters. The number of carbonyl (C=O) groups is 2. The van der Waals surface area contributed by atoms with Gasteiger partial charge in [0.15, 0.2) is 6.29 Å². The third kappa shape index (κ3) is 41.5. The molecule has 0 aromatic heterocycles. The molecule has 1 fully saturated rings. The van der Waals surface area contributed by atoms with Crippen LogP contribution in [0.4, 0.5) is 0 Å². The van der Waals surface area contributed by atoms with Crippen LogP contribution in [-0.2, 0) is 23.8 Å². The SMILES string of the molecule is CC/C=C/CC/C=C/CC/C=C/C(O)C(COC1OC(CO)C(O)C(O)C1O)NC(=O)CCCCCCCCCC/C=C\CCCCCCCCCCCCCCOC(=O)CCCCCCCCCCCCC. The highest BCUT2D eigenvalue weighted by Crippen LogP contribution is 2.23. The van der Waals surface area contributed by atoms with Crippen LogP contribution in [-0.4, -0.2) is 100 Å². The van der Waals surface area contributed by atoms with E-state index in [1.165, 1.54) is 161 Å². The summed E-state index contributed by atoms with van der Waals surface area (Å²) >= 11 is 0. The Hall–Kier alpha value is -2.38. The summed E-state index contributed by atoms with van der Waals surface area (Å²) in [5.41, 5.74) is 0. The number of hydrogen-bond acceptors (Lipinski definition) is 10. The first-order valence-corrected chi connectivity index (χ1v) is 30.4. The number of aliphatic hydroxyl groups is 5. The zero-order valence-corrected chi connectivity index (χ0v) is 46.8. The molecular formula is C62H113NO10. The molecule has 0 saturated carbocycles. The maximum absolute atomic E-state index is 13.0. The molecule has 11 nitrogen and oxygen atoms in total. The Balaban J connectivity index is 2.03. The standard InChI is InChI=1S/C62H113NO10/c1-3-5-7-9-11-13-29-34-38-42-46-50-58(67)71-51-47-43-39-35-31-28-26-24-22-20-18-16-15-17-19-21-23-25-27-30-33-37-41-45-49-57(66)63-54(53-72-62-61(70)60(69)59(68)56(52-64)73-62)55(65)48-44-40-36-32-14-12-10-8-6-4-2/h6,8,14,17,19,32,44,48,54-56,59-62,64-65,68-70H,3-5,7,9-13,15-16,18,20-31,33-43,45-47,49-53H2,1-2H3,(H,63,66)/b8-6+,19-17-,32-14+,48-44+. The highest BCUT2D eigenvalue weighted by Gasteiger charge is 2.44. The van der Waals surface area contributed by atoms with Crippen LogP contribution < -0.4 is 5.32 Å². The summed E-state index contributed by atoms with van der Waals surface area (Å²) in [4.78, 5) is 25.0. The quantitative estimate of drug-likeness (QED) is 0.0195. The van der Waals surface area contributed by atoms with Crippen molar-refractivity contribution < 1.29 is 49.3 Å². The van der Waals surface area contributed by atoms with Gasteiger partial charge in [-0.05, 0) is 77.0 Å². The molecule has 426 valence electrons. The topological polar surface area (TPSA) is 175 Å². The Morgan fingerprint density at radius 2 is 0.932 bits per heavy atom. The first-order valence-electron chi connectivity index (χ1n) is 30.4. The number of aliphatic hydroxyl groups excluding tert-OH is 5. The van der Waals surface area contributed by atoms with E-state index in [4.69, 9.17) is 14.2 Å². The molecule has 1 amide bonds. The van der Waals surface area contributed by atoms with Crippen LogP contribution in [0.3, 0.4) is 0 Å². The molecule has 0 radical (unpaired) electrons. The van der Waals surface area contributed by atoms with Crippen LogP contribution in [0, 0.1) is 0 Å². The van der Waals surface area contributed by atoms with Gasteiger partial charge in [0.2, 0.25) is 5.91 Å². The molecule has 73 heavy (non-hydrogen) atoms. The molecule has 11 heteroatoms. The van der Waals surface area contributed by atoms with Crippen molar-refractivity contribution in [3.8, 4) is 0 Å². The molecule has 0 aliphatic carbocycles. The number of allylic oxidation sites excluding steroid dienone is 7. The van der Waals surface area contributed by atoms with E-state index in [9.17, 15) is 35.1 Å². The zero-order valence-electron chi connectivity index (χ0n) is 46.8. The van der Waals surface area contributed by atoms with Crippen LogP contribution >= 0.6 is 0 Å². The number of rotatable bonds is 52. The van der Waals surface area contributed by atoms with Gasteiger partial charge in [-0.1, -0.05) is 229 Å². The summed E-state index contributed by atoms with van der Waals surface area (Å²) in [7, 11) is 0. The van der Waals surface area contributed by atoms with Crippen molar-refractivity contribution in [2.45, 2.75) is 314 Å². The van der Waals surface area contributed by atoms with Crippen LogP contribution in [0.15, 0.2) is 48.6 Å². The van der Waals surface area contributed by atoms with Gasteiger partial charge >= 0.3 is 5.97 Å². The summed E-state index contributed by atoms with van der Waals surface area (Å²) in [6.07, 6.45) is 55.2. The molecule has 1 aliphatic rings. The van der Waals surface area contributed by atoms with Gasteiger partial charge in [0.05, 0.1) is 32.0 Å². The normalized spacial score (nSPS) is 19.2. The van der Waals surface area contributed by atoms with E-state index in [-0.39, 0.29) is 18.5 Å². The van der Waals surface area contributed by atoms with Gasteiger partial charge in [-0.3, -0.25) is 9.59 Å². The van der Waals surface area contributed by atoms with E-state index in [1.54, 1.807) is 6.08 Å². The lowest BCUT2D eigenvalue weighted by Gasteiger charge is -2.40. The Morgan fingerprint density at radius 3 is 1.42 bits per heavy atom. The molecule has 1 heterocycles. The minimum Gasteiger partial charge on any atom is -0.466 e. The molecule has 1 saturated heterocycles. The van der Waals surface area contributed by atoms with Gasteiger partial charge in [-0.25, -0.2) is 0 Å². The van der Waals surface area contributed by atoms with Crippen molar-refractivity contribution in [3.63, 3.8) is 0 Å². The number of unbranched alkanes of at least 4 members (excludes halogenated alkanes) is 32. The summed E-state index contributed by atoms with van der Waals surface area (Å²) in [5.74, 6) is -0.204. The monoisotopic (exact) mass is 1030 g/mol. The third-order valence-electron chi connectivity index (χ3n) is 14.2. The Kier molecular flexibility index (Phi) is 48.6. The number of carbonyl (C=O) groups excluding carboxylic acids is 2. The predicted octanol–water partition coefficient (Wildman–Crippen LogP) is 14.1. The lowest BCUT2D eigenvalue weighted by atomic mass is 9.99. The lowest BCUT2D eigenvalue weighted by molar-refractivity contribution is -0.302. The molecule has 0 spiro atoms. The van der Waals surface area contributed by atoms with Crippen molar-refractivity contribution in [3.05, 3.63) is 48.6 Å². The fraction of sp³-hybridized carbons (Fsp3) is 0.839. The fourth-order valence-corrected chi connectivity index (χ4v) is 9.35. The molecule has 0 bridgehead atoms. The maximum atomic E-state index is 13.0. The maximum Gasteiger partial charge on any atom is 0.305 e. The number of esters is 1. The van der Waals surface area contributed by atoms with E-state index in [1.807, 2.05) is 6.08 Å². The number of nitrogens with one attached hydrogen (secondary N) is 1. The van der Waals surface area contributed by atoms with Crippen molar-refractivity contribution in [2.75, 3.05) is 19.8 Å². The number of ether oxygens (including phenoxy) is 3. The molecule has 7 unspecified atom stereocenters. The second-order valence-corrected chi connectivity index (χ2v) is 21.0. The van der Waals surface area contributed by atoms with E-state index >= 15 is 0 Å². The van der Waals surface area contributed by atoms with E-state index in [0.29, 0.717) is 19.4 Å². The summed E-state index contributed by atoms with van der Waals surface area (Å²) in [6.45, 7) is 4.19. The second-order valence-electron chi connectivity index (χ2n) is 21.0. The Morgan fingerprint density at radius 1 is 0.507 bits per heavy atom. The second kappa shape index (κ2) is 51.7. The van der Waals surface area contributed by atoms with Crippen LogP contribution in [0.25, 0.3) is 0 Å².